The zero-order valence-corrected chi connectivity index (χ0v) is 15.7. The lowest BCUT2D eigenvalue weighted by atomic mass is 9.98. The van der Waals surface area contributed by atoms with Crippen molar-refractivity contribution in [3.05, 3.63) is 0 Å². The Kier molecular flexibility index (Phi) is 11.4. The van der Waals surface area contributed by atoms with Crippen LogP contribution in [0.3, 0.4) is 0 Å². The molecule has 1 saturated heterocycles. The number of aliphatic hydroxyl groups is 2. The molecule has 10 nitrogen and oxygen atoms in total. The van der Waals surface area contributed by atoms with Gasteiger partial charge in [0.05, 0.1) is 18.9 Å². The lowest BCUT2D eigenvalue weighted by Crippen LogP contribution is -2.62. The average molecular weight is 392 g/mol. The number of aliphatic hydroxyl groups excluding tert-OH is 2. The second-order valence-corrected chi connectivity index (χ2v) is 6.57. The molecular formula is C17H32N2O8. The molecule has 5 atom stereocenters. The second kappa shape index (κ2) is 13.0. The predicted molar refractivity (Wildman–Crippen MR) is 94.8 cm³/mol. The fourth-order valence-corrected chi connectivity index (χ4v) is 2.65. The van der Waals surface area contributed by atoms with Crippen LogP contribution >= 0.6 is 0 Å². The Bertz CT molecular complexity index is 451. The highest BCUT2D eigenvalue weighted by Gasteiger charge is 2.43. The van der Waals surface area contributed by atoms with Crippen LogP contribution in [0.2, 0.25) is 0 Å². The molecule has 0 saturated carbocycles. The molecule has 6 N–H and O–H groups in total. The topological polar surface area (TPSA) is 161 Å². The first-order valence-corrected chi connectivity index (χ1v) is 9.27. The predicted octanol–water partition coefficient (Wildman–Crippen LogP) is -1.04. The van der Waals surface area contributed by atoms with Crippen LogP contribution in [-0.4, -0.2) is 84.7 Å². The van der Waals surface area contributed by atoms with Gasteiger partial charge in [-0.1, -0.05) is 12.8 Å². The number of esters is 1. The summed E-state index contributed by atoms with van der Waals surface area (Å²) in [6.07, 6.45) is -1.25. The Labute approximate surface area is 159 Å². The van der Waals surface area contributed by atoms with Crippen molar-refractivity contribution in [2.45, 2.75) is 69.2 Å². The zero-order valence-electron chi connectivity index (χ0n) is 15.7. The average Bonchev–Trinajstić information content (AvgIpc) is 2.64. The first kappa shape index (κ1) is 23.7. The minimum absolute atomic E-state index is 0.284. The molecule has 1 rings (SSSR count). The Morgan fingerprint density at radius 3 is 2.48 bits per heavy atom. The number of carboxylic acids is 1. The van der Waals surface area contributed by atoms with Gasteiger partial charge in [0.2, 0.25) is 0 Å². The number of ether oxygens (including phenoxy) is 3. The van der Waals surface area contributed by atoms with E-state index in [9.17, 15) is 19.8 Å². The van der Waals surface area contributed by atoms with Gasteiger partial charge in [0, 0.05) is 6.61 Å². The third-order valence-corrected chi connectivity index (χ3v) is 4.30. The van der Waals surface area contributed by atoms with E-state index in [1.165, 1.54) is 0 Å². The summed E-state index contributed by atoms with van der Waals surface area (Å²) in [4.78, 5) is 21.9. The smallest absolute Gasteiger partial charge is 0.306 e. The fourth-order valence-electron chi connectivity index (χ4n) is 2.65. The lowest BCUT2D eigenvalue weighted by Gasteiger charge is -2.40. The summed E-state index contributed by atoms with van der Waals surface area (Å²) in [6, 6.07) is -0.928. The first-order valence-electron chi connectivity index (χ1n) is 9.27. The molecule has 27 heavy (non-hydrogen) atoms. The highest BCUT2D eigenvalue weighted by atomic mass is 16.7. The molecule has 0 aromatic rings. The molecule has 1 aliphatic heterocycles. The molecule has 0 bridgehead atoms. The largest absolute Gasteiger partial charge is 0.481 e. The fraction of sp³-hybridized carbons (Fsp3) is 0.882. The number of carbonyl (C=O) groups is 2. The Hall–Kier alpha value is -1.30. The van der Waals surface area contributed by atoms with Crippen LogP contribution in [0.1, 0.15) is 38.5 Å². The van der Waals surface area contributed by atoms with Crippen LogP contribution in [-0.2, 0) is 23.8 Å². The number of carbonyl (C=O) groups excluding carboxylic acids is 1. The van der Waals surface area contributed by atoms with E-state index in [4.69, 9.17) is 25.1 Å². The minimum Gasteiger partial charge on any atom is -0.481 e. The van der Waals surface area contributed by atoms with Gasteiger partial charge in [-0.25, -0.2) is 0 Å². The molecule has 5 unspecified atom stereocenters. The van der Waals surface area contributed by atoms with Crippen LogP contribution in [0.4, 0.5) is 0 Å². The molecule has 0 spiro atoms. The second-order valence-electron chi connectivity index (χ2n) is 6.57. The van der Waals surface area contributed by atoms with Crippen LogP contribution in [0.15, 0.2) is 0 Å². The van der Waals surface area contributed by atoms with Gasteiger partial charge in [0.15, 0.2) is 6.29 Å². The van der Waals surface area contributed by atoms with E-state index < -0.39 is 42.6 Å². The number of carboxylic acid groups (broad SMARTS) is 1. The summed E-state index contributed by atoms with van der Waals surface area (Å²) in [5.41, 5.74) is 5.85. The summed E-state index contributed by atoms with van der Waals surface area (Å²) in [5.74, 6) is -1.83. The van der Waals surface area contributed by atoms with Crippen molar-refractivity contribution >= 4 is 11.9 Å². The van der Waals surface area contributed by atoms with Gasteiger partial charge in [-0.15, -0.1) is 0 Å². The lowest BCUT2D eigenvalue weighted by molar-refractivity contribution is -0.267. The maximum absolute atomic E-state index is 11.5. The highest BCUT2D eigenvalue weighted by molar-refractivity contribution is 5.76. The van der Waals surface area contributed by atoms with Gasteiger partial charge in [-0.3, -0.25) is 9.59 Å². The monoisotopic (exact) mass is 392 g/mol. The van der Waals surface area contributed by atoms with E-state index in [-0.39, 0.29) is 19.4 Å². The van der Waals surface area contributed by atoms with Gasteiger partial charge >= 0.3 is 11.9 Å². The molecule has 0 radical (unpaired) electrons. The first-order chi connectivity index (χ1) is 12.9. The number of rotatable bonds is 13. The van der Waals surface area contributed by atoms with Crippen molar-refractivity contribution < 1.29 is 39.1 Å². The molecule has 10 heteroatoms. The number of hydrogen-bond donors (Lipinski definition) is 5. The molecule has 0 aliphatic carbocycles. The van der Waals surface area contributed by atoms with E-state index in [0.29, 0.717) is 6.61 Å². The van der Waals surface area contributed by atoms with Gasteiger partial charge in [-0.2, -0.15) is 0 Å². The van der Waals surface area contributed by atoms with E-state index >= 15 is 0 Å². The summed E-state index contributed by atoms with van der Waals surface area (Å²) >= 11 is 0. The van der Waals surface area contributed by atoms with Crippen molar-refractivity contribution in [2.75, 3.05) is 26.8 Å². The van der Waals surface area contributed by atoms with Gasteiger partial charge in [0.25, 0.3) is 0 Å². The van der Waals surface area contributed by atoms with Crippen LogP contribution < -0.4 is 11.1 Å². The minimum atomic E-state index is -1.34. The number of hydrogen-bond acceptors (Lipinski definition) is 9. The summed E-state index contributed by atoms with van der Waals surface area (Å²) in [7, 11) is 1.91. The van der Waals surface area contributed by atoms with Crippen LogP contribution in [0.5, 0.6) is 0 Å². The van der Waals surface area contributed by atoms with Crippen molar-refractivity contribution in [3.8, 4) is 0 Å². The number of aliphatic carboxylic acids is 1. The van der Waals surface area contributed by atoms with E-state index in [1.54, 1.807) is 0 Å². The zero-order chi connectivity index (χ0) is 20.2. The maximum atomic E-state index is 11.5. The van der Waals surface area contributed by atoms with Crippen LogP contribution in [0, 0.1) is 0 Å². The highest BCUT2D eigenvalue weighted by Crippen LogP contribution is 2.21. The maximum Gasteiger partial charge on any atom is 0.306 e. The molecule has 1 aliphatic rings. The van der Waals surface area contributed by atoms with Crippen molar-refractivity contribution in [1.29, 1.82) is 0 Å². The summed E-state index contributed by atoms with van der Waals surface area (Å²) < 4.78 is 16.0. The number of nitrogens with one attached hydrogen (secondary N) is 1. The normalized spacial score (nSPS) is 28.1. The molecule has 1 fully saturated rings. The molecule has 0 amide bonds. The van der Waals surface area contributed by atoms with Gasteiger partial charge in [0.1, 0.15) is 24.9 Å². The van der Waals surface area contributed by atoms with Gasteiger partial charge < -0.3 is 40.6 Å². The number of nitrogens with two attached hydrogens (primary N) is 1. The van der Waals surface area contributed by atoms with Crippen molar-refractivity contribution in [1.82, 2.24) is 5.32 Å². The SMILES string of the molecule is CNCCCCCCOC1OC(COC(=O)CCC(=O)O)C(O)C(O)C1N. The molecule has 0 aromatic heterocycles. The molecule has 158 valence electrons. The molecule has 0 aromatic carbocycles. The summed E-state index contributed by atoms with van der Waals surface area (Å²) in [5, 5.41) is 31.7. The Balaban J connectivity index is 2.37. The number of unbranched alkanes of at least 4 members (excludes halogenated alkanes) is 3. The Morgan fingerprint density at radius 2 is 1.81 bits per heavy atom. The quantitative estimate of drug-likeness (QED) is 0.193. The third-order valence-electron chi connectivity index (χ3n) is 4.30. The van der Waals surface area contributed by atoms with Crippen molar-refractivity contribution in [3.63, 3.8) is 0 Å². The van der Waals surface area contributed by atoms with E-state index in [2.05, 4.69) is 5.32 Å². The van der Waals surface area contributed by atoms with E-state index in [0.717, 1.165) is 32.2 Å². The third kappa shape index (κ3) is 8.96. The molecule has 1 heterocycles. The molecular weight excluding hydrogens is 360 g/mol. The summed E-state index contributed by atoms with van der Waals surface area (Å²) in [6.45, 7) is 1.04. The van der Waals surface area contributed by atoms with E-state index in [1.807, 2.05) is 7.05 Å². The standard InChI is InChI=1S/C17H32N2O8/c1-19-8-4-2-3-5-9-25-17-14(18)16(24)15(23)11(27-17)10-26-13(22)7-6-12(20)21/h11,14-17,19,23-24H,2-10,18H2,1H3,(H,20,21). The Morgan fingerprint density at radius 1 is 1.11 bits per heavy atom. The van der Waals surface area contributed by atoms with Gasteiger partial charge in [-0.05, 0) is 26.4 Å². The van der Waals surface area contributed by atoms with Crippen LogP contribution in [0.25, 0.3) is 0 Å². The van der Waals surface area contributed by atoms with Crippen molar-refractivity contribution in [2.24, 2.45) is 5.73 Å².